The molecule has 1 aliphatic rings. The highest BCUT2D eigenvalue weighted by atomic mass is 16.6. The number of carbonyl (C=O) groups is 1. The van der Waals surface area contributed by atoms with Gasteiger partial charge in [-0.25, -0.2) is 0 Å². The minimum atomic E-state index is -0.316. The number of carbonyl (C=O) groups excluding carboxylic acids is 1. The molecule has 1 atom stereocenters. The van der Waals surface area contributed by atoms with Crippen molar-refractivity contribution in [2.24, 2.45) is 11.3 Å². The Labute approximate surface area is 67.9 Å². The summed E-state index contributed by atoms with van der Waals surface area (Å²) in [5.41, 5.74) is -0.367. The molecule has 1 saturated heterocycles. The van der Waals surface area contributed by atoms with E-state index in [1.54, 1.807) is 0 Å². The maximum Gasteiger partial charge on any atom is 0.309 e. The Morgan fingerprint density at radius 1 is 1.27 bits per heavy atom. The molecule has 64 valence electrons. The van der Waals surface area contributed by atoms with Crippen LogP contribution in [0.25, 0.3) is 0 Å². The van der Waals surface area contributed by atoms with Crippen LogP contribution in [0, 0.1) is 11.3 Å². The van der Waals surface area contributed by atoms with Gasteiger partial charge in [0.2, 0.25) is 0 Å². The fraction of sp³-hybridized carbons (Fsp3) is 0.889. The molecule has 0 spiro atoms. The second kappa shape index (κ2) is 1.99. The zero-order valence-electron chi connectivity index (χ0n) is 7.89. The van der Waals surface area contributed by atoms with Crippen LogP contribution < -0.4 is 0 Å². The average molecular weight is 156 g/mol. The molecule has 2 nitrogen and oxygen atoms in total. The van der Waals surface area contributed by atoms with Gasteiger partial charge in [0.1, 0.15) is 5.60 Å². The van der Waals surface area contributed by atoms with Gasteiger partial charge in [-0.1, -0.05) is 20.8 Å². The summed E-state index contributed by atoms with van der Waals surface area (Å²) < 4.78 is 5.24. The molecule has 1 heterocycles. The highest BCUT2D eigenvalue weighted by Gasteiger charge is 2.53. The van der Waals surface area contributed by atoms with Gasteiger partial charge < -0.3 is 4.74 Å². The summed E-state index contributed by atoms with van der Waals surface area (Å²) in [6.07, 6.45) is 0. The largest absolute Gasteiger partial charge is 0.459 e. The molecule has 1 rings (SSSR count). The van der Waals surface area contributed by atoms with Crippen LogP contribution in [0.4, 0.5) is 0 Å². The number of esters is 1. The Kier molecular flexibility index (Phi) is 1.55. The van der Waals surface area contributed by atoms with Crippen molar-refractivity contribution in [3.63, 3.8) is 0 Å². The second-order valence-corrected chi connectivity index (χ2v) is 4.37. The van der Waals surface area contributed by atoms with E-state index in [-0.39, 0.29) is 22.9 Å². The van der Waals surface area contributed by atoms with E-state index in [9.17, 15) is 4.79 Å². The summed E-state index contributed by atoms with van der Waals surface area (Å²) >= 11 is 0. The Morgan fingerprint density at radius 3 is 1.82 bits per heavy atom. The average Bonchev–Trinajstić information content (AvgIpc) is 1.93. The van der Waals surface area contributed by atoms with E-state index < -0.39 is 0 Å². The second-order valence-electron chi connectivity index (χ2n) is 4.37. The zero-order valence-corrected chi connectivity index (χ0v) is 7.89. The van der Waals surface area contributed by atoms with Gasteiger partial charge in [0.05, 0.1) is 5.92 Å². The monoisotopic (exact) mass is 156 g/mol. The van der Waals surface area contributed by atoms with Crippen LogP contribution in [0.2, 0.25) is 0 Å². The van der Waals surface area contributed by atoms with Gasteiger partial charge in [0.25, 0.3) is 0 Å². The summed E-state index contributed by atoms with van der Waals surface area (Å²) in [5, 5.41) is 0. The standard InChI is InChI=1S/C9H16O2/c1-6-7(10)11-9(4,5)8(6,2)3/h6H,1-5H3/t6-/m1/s1. The summed E-state index contributed by atoms with van der Waals surface area (Å²) in [4.78, 5) is 11.2. The highest BCUT2D eigenvalue weighted by Crippen LogP contribution is 2.46. The Balaban J connectivity index is 3.01. The molecule has 0 aromatic carbocycles. The third kappa shape index (κ3) is 0.959. The number of hydrogen-bond donors (Lipinski definition) is 0. The van der Waals surface area contributed by atoms with E-state index in [4.69, 9.17) is 4.74 Å². The molecule has 0 amide bonds. The van der Waals surface area contributed by atoms with E-state index in [1.165, 1.54) is 0 Å². The van der Waals surface area contributed by atoms with Crippen LogP contribution in [0.1, 0.15) is 34.6 Å². The van der Waals surface area contributed by atoms with Crippen molar-refractivity contribution in [3.05, 3.63) is 0 Å². The van der Waals surface area contributed by atoms with E-state index in [0.717, 1.165) is 0 Å². The van der Waals surface area contributed by atoms with Crippen molar-refractivity contribution in [1.29, 1.82) is 0 Å². The van der Waals surface area contributed by atoms with E-state index in [0.29, 0.717) is 0 Å². The lowest BCUT2D eigenvalue weighted by atomic mass is 9.71. The lowest BCUT2D eigenvalue weighted by Crippen LogP contribution is -2.37. The van der Waals surface area contributed by atoms with Gasteiger partial charge in [0.15, 0.2) is 0 Å². The fourth-order valence-corrected chi connectivity index (χ4v) is 1.29. The molecule has 0 radical (unpaired) electrons. The van der Waals surface area contributed by atoms with Crippen molar-refractivity contribution < 1.29 is 9.53 Å². The third-order valence-corrected chi connectivity index (χ3v) is 3.34. The molecular formula is C9H16O2. The molecule has 1 aliphatic heterocycles. The first kappa shape index (κ1) is 8.57. The van der Waals surface area contributed by atoms with Crippen LogP contribution in [0.3, 0.4) is 0 Å². The number of rotatable bonds is 0. The predicted molar refractivity (Wildman–Crippen MR) is 43.1 cm³/mol. The number of hydrogen-bond acceptors (Lipinski definition) is 2. The molecule has 1 fully saturated rings. The van der Waals surface area contributed by atoms with E-state index in [2.05, 4.69) is 13.8 Å². The van der Waals surface area contributed by atoms with Gasteiger partial charge in [-0.05, 0) is 13.8 Å². The summed E-state index contributed by atoms with van der Waals surface area (Å²) in [6.45, 7) is 10.0. The van der Waals surface area contributed by atoms with Crippen LogP contribution >= 0.6 is 0 Å². The van der Waals surface area contributed by atoms with E-state index >= 15 is 0 Å². The van der Waals surface area contributed by atoms with Gasteiger partial charge in [0, 0.05) is 5.41 Å². The zero-order chi connectivity index (χ0) is 8.86. The maximum absolute atomic E-state index is 11.2. The predicted octanol–water partition coefficient (Wildman–Crippen LogP) is 1.98. The quantitative estimate of drug-likeness (QED) is 0.501. The van der Waals surface area contributed by atoms with Gasteiger partial charge >= 0.3 is 5.97 Å². The van der Waals surface area contributed by atoms with Crippen molar-refractivity contribution in [2.45, 2.75) is 40.2 Å². The van der Waals surface area contributed by atoms with Crippen LogP contribution in [0.15, 0.2) is 0 Å². The first-order valence-electron chi connectivity index (χ1n) is 4.02. The summed E-state index contributed by atoms with van der Waals surface area (Å²) in [6, 6.07) is 0. The number of ether oxygens (including phenoxy) is 1. The molecule has 0 aromatic rings. The minimum Gasteiger partial charge on any atom is -0.459 e. The molecule has 0 bridgehead atoms. The fourth-order valence-electron chi connectivity index (χ4n) is 1.29. The lowest BCUT2D eigenvalue weighted by molar-refractivity contribution is -0.149. The molecule has 11 heavy (non-hydrogen) atoms. The van der Waals surface area contributed by atoms with Gasteiger partial charge in [-0.3, -0.25) is 4.79 Å². The normalized spacial score (nSPS) is 33.5. The van der Waals surface area contributed by atoms with E-state index in [1.807, 2.05) is 20.8 Å². The Morgan fingerprint density at radius 2 is 1.73 bits per heavy atom. The van der Waals surface area contributed by atoms with Crippen molar-refractivity contribution in [3.8, 4) is 0 Å². The minimum absolute atomic E-state index is 0.0116. The van der Waals surface area contributed by atoms with Gasteiger partial charge in [-0.15, -0.1) is 0 Å². The Bertz CT molecular complexity index is 192. The summed E-state index contributed by atoms with van der Waals surface area (Å²) in [7, 11) is 0. The van der Waals surface area contributed by atoms with Crippen molar-refractivity contribution >= 4 is 5.97 Å². The summed E-state index contributed by atoms with van der Waals surface area (Å²) in [5.74, 6) is -0.0579. The van der Waals surface area contributed by atoms with Crippen LogP contribution in [-0.2, 0) is 9.53 Å². The SMILES string of the molecule is C[C@@H]1C(=O)OC(C)(C)C1(C)C. The molecular weight excluding hydrogens is 140 g/mol. The molecule has 2 heteroatoms. The first-order chi connectivity index (χ1) is 4.79. The molecule has 0 N–H and O–H groups in total. The highest BCUT2D eigenvalue weighted by molar-refractivity contribution is 5.76. The topological polar surface area (TPSA) is 26.3 Å². The van der Waals surface area contributed by atoms with Crippen molar-refractivity contribution in [1.82, 2.24) is 0 Å². The maximum atomic E-state index is 11.2. The van der Waals surface area contributed by atoms with Crippen molar-refractivity contribution in [2.75, 3.05) is 0 Å². The molecule has 0 aliphatic carbocycles. The van der Waals surface area contributed by atoms with Gasteiger partial charge in [-0.2, -0.15) is 0 Å². The molecule has 0 aromatic heterocycles. The smallest absolute Gasteiger partial charge is 0.309 e. The molecule has 0 unspecified atom stereocenters. The lowest BCUT2D eigenvalue weighted by Gasteiger charge is -2.33. The number of cyclic esters (lactones) is 1. The third-order valence-electron chi connectivity index (χ3n) is 3.34. The molecule has 0 saturated carbocycles. The Hall–Kier alpha value is -0.530. The van der Waals surface area contributed by atoms with Crippen LogP contribution in [0.5, 0.6) is 0 Å². The first-order valence-corrected chi connectivity index (χ1v) is 4.02. The van der Waals surface area contributed by atoms with Crippen LogP contribution in [-0.4, -0.2) is 11.6 Å².